The largest absolute Gasteiger partial charge is 0.478 e. The van der Waals surface area contributed by atoms with E-state index in [0.29, 0.717) is 19.4 Å². The van der Waals surface area contributed by atoms with Crippen molar-refractivity contribution in [2.45, 2.75) is 57.8 Å². The van der Waals surface area contributed by atoms with Gasteiger partial charge in [-0.3, -0.25) is 19.3 Å². The molecule has 0 spiro atoms. The number of hydrogen-bond donors (Lipinski definition) is 5. The van der Waals surface area contributed by atoms with Crippen molar-refractivity contribution in [2.75, 3.05) is 26.2 Å². The predicted octanol–water partition coefficient (Wildman–Crippen LogP) is 1.82. The second-order valence-electron chi connectivity index (χ2n) is 11.4. The molecule has 1 aliphatic heterocycles. The summed E-state index contributed by atoms with van der Waals surface area (Å²) < 4.78 is 5.29. The third kappa shape index (κ3) is 11.8. The van der Waals surface area contributed by atoms with Gasteiger partial charge in [0, 0.05) is 25.1 Å². The summed E-state index contributed by atoms with van der Waals surface area (Å²) in [7, 11) is 0. The van der Waals surface area contributed by atoms with Gasteiger partial charge in [0.2, 0.25) is 11.8 Å². The van der Waals surface area contributed by atoms with E-state index in [1.807, 2.05) is 38.1 Å². The van der Waals surface area contributed by atoms with Crippen LogP contribution in [-0.4, -0.2) is 89.1 Å². The second-order valence-corrected chi connectivity index (χ2v) is 11.4. The van der Waals surface area contributed by atoms with Crippen LogP contribution in [0.25, 0.3) is 0 Å². The number of Topliss-reactive ketones (excluding diaryl/α,β-unsaturated/α-hetero) is 1. The van der Waals surface area contributed by atoms with Crippen molar-refractivity contribution in [3.63, 3.8) is 0 Å². The predicted molar refractivity (Wildman–Crippen MR) is 166 cm³/mol. The fourth-order valence-electron chi connectivity index (χ4n) is 4.87. The summed E-state index contributed by atoms with van der Waals surface area (Å²) in [6.07, 6.45) is 1.68. The average molecular weight is 623 g/mol. The van der Waals surface area contributed by atoms with Gasteiger partial charge in [-0.15, -0.1) is 0 Å². The van der Waals surface area contributed by atoms with Crippen molar-refractivity contribution in [3.05, 3.63) is 83.4 Å². The maximum absolute atomic E-state index is 13.4. The molecule has 3 atom stereocenters. The Morgan fingerprint density at radius 3 is 2.04 bits per heavy atom. The Bertz CT molecular complexity index is 1330. The highest BCUT2D eigenvalue weighted by molar-refractivity contribution is 5.95. The van der Waals surface area contributed by atoms with Crippen LogP contribution < -0.4 is 16.0 Å². The molecule has 1 aliphatic rings. The minimum Gasteiger partial charge on any atom is -0.478 e. The van der Waals surface area contributed by atoms with Crippen LogP contribution in [0.1, 0.15) is 37.8 Å². The summed E-state index contributed by atoms with van der Waals surface area (Å²) in [5.41, 5.74) is 1.72. The highest BCUT2D eigenvalue weighted by atomic mass is 16.5. The fourth-order valence-corrected chi connectivity index (χ4v) is 4.87. The van der Waals surface area contributed by atoms with Gasteiger partial charge in [-0.2, -0.15) is 0 Å². The molecule has 0 saturated heterocycles. The first-order valence-corrected chi connectivity index (χ1v) is 15.0. The molecule has 0 unspecified atom stereocenters. The number of carboxylic acid groups (broad SMARTS) is 1. The molecule has 2 aromatic carbocycles. The quantitative estimate of drug-likeness (QED) is 0.187. The number of rotatable bonds is 16. The van der Waals surface area contributed by atoms with Crippen molar-refractivity contribution < 1.29 is 38.9 Å². The molecule has 3 amide bonds. The number of alkyl carbamates (subject to hydrolysis) is 1. The normalized spacial score (nSPS) is 15.2. The van der Waals surface area contributed by atoms with Crippen LogP contribution >= 0.6 is 0 Å². The number of ketones is 1. The smallest absolute Gasteiger partial charge is 0.408 e. The summed E-state index contributed by atoms with van der Waals surface area (Å²) in [5, 5.41) is 27.1. The average Bonchev–Trinajstić information content (AvgIpc) is 3.02. The lowest BCUT2D eigenvalue weighted by atomic mass is 9.98. The maximum atomic E-state index is 13.4. The first-order valence-electron chi connectivity index (χ1n) is 15.0. The Morgan fingerprint density at radius 1 is 0.844 bits per heavy atom. The zero-order chi connectivity index (χ0) is 32.8. The standard InChI is InChI=1S/C33H42N4O8/c1-22(2)16-26(29(39)19-37-15-9-14-25(18-37)32(42)43)34-31(41)28(20-38)35-30(40)27(17-23-10-5-3-6-11-23)36-33(44)45-21-24-12-7-4-8-13-24/h3-8,10-14,22,26-28,38H,9,15-21H2,1-2H3,(H,34,41)(H,35,40)(H,36,44)(H,42,43)/t26-,27-,28-/m0/s1. The van der Waals surface area contributed by atoms with Crippen LogP contribution in [0.3, 0.4) is 0 Å². The van der Waals surface area contributed by atoms with E-state index in [2.05, 4.69) is 16.0 Å². The van der Waals surface area contributed by atoms with Crippen LogP contribution in [0.5, 0.6) is 0 Å². The van der Waals surface area contributed by atoms with Crippen LogP contribution in [0.15, 0.2) is 72.3 Å². The van der Waals surface area contributed by atoms with E-state index in [4.69, 9.17) is 4.74 Å². The van der Waals surface area contributed by atoms with E-state index in [1.54, 1.807) is 47.4 Å². The number of ether oxygens (including phenoxy) is 1. The molecule has 0 aliphatic carbocycles. The number of aliphatic hydroxyl groups excluding tert-OH is 1. The van der Waals surface area contributed by atoms with E-state index in [-0.39, 0.29) is 43.4 Å². The molecule has 0 fully saturated rings. The molecule has 0 bridgehead atoms. The number of hydrogen-bond acceptors (Lipinski definition) is 8. The van der Waals surface area contributed by atoms with Gasteiger partial charge >= 0.3 is 12.1 Å². The minimum absolute atomic E-state index is 0.00930. The van der Waals surface area contributed by atoms with Crippen LogP contribution in [0, 0.1) is 5.92 Å². The maximum Gasteiger partial charge on any atom is 0.408 e. The number of nitrogens with zero attached hydrogens (tertiary/aromatic N) is 1. The molecule has 12 nitrogen and oxygen atoms in total. The molecule has 45 heavy (non-hydrogen) atoms. The van der Waals surface area contributed by atoms with Gasteiger partial charge in [0.1, 0.15) is 18.7 Å². The van der Waals surface area contributed by atoms with E-state index in [9.17, 15) is 34.2 Å². The number of nitrogens with one attached hydrogen (secondary N) is 3. The van der Waals surface area contributed by atoms with E-state index in [0.717, 1.165) is 11.1 Å². The van der Waals surface area contributed by atoms with E-state index >= 15 is 0 Å². The van der Waals surface area contributed by atoms with E-state index in [1.165, 1.54) is 0 Å². The lowest BCUT2D eigenvalue weighted by Crippen LogP contribution is -2.58. The minimum atomic E-state index is -1.41. The van der Waals surface area contributed by atoms with Gasteiger partial charge in [-0.25, -0.2) is 9.59 Å². The number of aliphatic hydroxyl groups is 1. The van der Waals surface area contributed by atoms with Crippen molar-refractivity contribution in [1.82, 2.24) is 20.9 Å². The van der Waals surface area contributed by atoms with Crippen molar-refractivity contribution in [1.29, 1.82) is 0 Å². The Balaban J connectivity index is 1.66. The number of amides is 3. The number of benzene rings is 2. The number of carbonyl (C=O) groups is 5. The summed E-state index contributed by atoms with van der Waals surface area (Å²) in [5.74, 6) is -2.81. The Hall–Kier alpha value is -4.55. The lowest BCUT2D eigenvalue weighted by Gasteiger charge is -2.28. The van der Waals surface area contributed by atoms with Gasteiger partial charge in [-0.05, 0) is 29.9 Å². The Morgan fingerprint density at radius 2 is 1.44 bits per heavy atom. The van der Waals surface area contributed by atoms with Gasteiger partial charge in [0.05, 0.1) is 19.2 Å². The lowest BCUT2D eigenvalue weighted by molar-refractivity contribution is -0.134. The Labute approximate surface area is 262 Å². The third-order valence-electron chi connectivity index (χ3n) is 7.22. The van der Waals surface area contributed by atoms with E-state index < -0.39 is 48.6 Å². The van der Waals surface area contributed by atoms with Gasteiger partial charge in [0.25, 0.3) is 0 Å². The molecule has 2 aromatic rings. The molecular weight excluding hydrogens is 580 g/mol. The number of carbonyl (C=O) groups excluding carboxylic acids is 4. The molecule has 0 radical (unpaired) electrons. The van der Waals surface area contributed by atoms with Gasteiger partial charge < -0.3 is 30.9 Å². The number of carboxylic acids is 1. The van der Waals surface area contributed by atoms with Gasteiger partial charge in [0.15, 0.2) is 5.78 Å². The molecule has 5 N–H and O–H groups in total. The molecule has 242 valence electrons. The monoisotopic (exact) mass is 622 g/mol. The Kier molecular flexibility index (Phi) is 13.7. The molecule has 12 heteroatoms. The summed E-state index contributed by atoms with van der Waals surface area (Å²) in [6.45, 7) is 3.57. The summed E-state index contributed by atoms with van der Waals surface area (Å²) in [6, 6.07) is 14.5. The molecule has 0 aromatic heterocycles. The van der Waals surface area contributed by atoms with Crippen molar-refractivity contribution >= 4 is 29.7 Å². The third-order valence-corrected chi connectivity index (χ3v) is 7.22. The highest BCUT2D eigenvalue weighted by Gasteiger charge is 2.31. The zero-order valence-electron chi connectivity index (χ0n) is 25.6. The van der Waals surface area contributed by atoms with Gasteiger partial charge in [-0.1, -0.05) is 80.6 Å². The van der Waals surface area contributed by atoms with Crippen LogP contribution in [0.2, 0.25) is 0 Å². The van der Waals surface area contributed by atoms with Crippen LogP contribution in [-0.2, 0) is 36.9 Å². The summed E-state index contributed by atoms with van der Waals surface area (Å²) in [4.78, 5) is 65.6. The molecule has 3 rings (SSSR count). The number of aliphatic carboxylic acids is 1. The zero-order valence-corrected chi connectivity index (χ0v) is 25.6. The molecule has 0 saturated carbocycles. The summed E-state index contributed by atoms with van der Waals surface area (Å²) >= 11 is 0. The highest BCUT2D eigenvalue weighted by Crippen LogP contribution is 2.13. The first kappa shape index (κ1) is 34.9. The molecule has 1 heterocycles. The van der Waals surface area contributed by atoms with Crippen molar-refractivity contribution in [2.24, 2.45) is 5.92 Å². The molecular formula is C33H42N4O8. The topological polar surface area (TPSA) is 174 Å². The fraction of sp³-hybridized carbons (Fsp3) is 0.424. The van der Waals surface area contributed by atoms with Crippen molar-refractivity contribution in [3.8, 4) is 0 Å². The van der Waals surface area contributed by atoms with Crippen LogP contribution in [0.4, 0.5) is 4.79 Å². The second kappa shape index (κ2) is 17.7. The first-order chi connectivity index (χ1) is 21.5. The SMILES string of the molecule is CC(C)C[C@H](NC(=O)[C@H](CO)NC(=O)[C@H](Cc1ccccc1)NC(=O)OCc1ccccc1)C(=O)CN1CCC=C(C(=O)O)C1.